The highest BCUT2D eigenvalue weighted by molar-refractivity contribution is 6.07. The first kappa shape index (κ1) is 18.8. The molecule has 7 nitrogen and oxygen atoms in total. The zero-order chi connectivity index (χ0) is 21.3. The fourth-order valence-corrected chi connectivity index (χ4v) is 3.91. The number of fused-ring (bicyclic) bond motifs is 1. The predicted molar refractivity (Wildman–Crippen MR) is 119 cm³/mol. The van der Waals surface area contributed by atoms with Gasteiger partial charge in [0.05, 0.1) is 28.8 Å². The van der Waals surface area contributed by atoms with Crippen LogP contribution in [0.25, 0.3) is 10.9 Å². The maximum atomic E-state index is 12.9. The number of nitrogens with zero attached hydrogens (tertiary/aromatic N) is 3. The molecular formula is C24H20N6O. The first-order chi connectivity index (χ1) is 15.2. The van der Waals surface area contributed by atoms with Gasteiger partial charge in [0.25, 0.3) is 5.91 Å². The summed E-state index contributed by atoms with van der Waals surface area (Å²) in [6, 6.07) is 19.2. The lowest BCUT2D eigenvalue weighted by atomic mass is 9.65. The molecule has 2 aromatic carbocycles. The lowest BCUT2D eigenvalue weighted by Crippen LogP contribution is -2.32. The van der Waals surface area contributed by atoms with E-state index in [9.17, 15) is 10.1 Å². The molecule has 0 bridgehead atoms. The topological polar surface area (TPSA) is 106 Å². The van der Waals surface area contributed by atoms with E-state index in [1.165, 1.54) is 0 Å². The number of nitrogens with one attached hydrogen (secondary N) is 3. The normalized spacial score (nSPS) is 14.4. The van der Waals surface area contributed by atoms with Crippen LogP contribution in [0.5, 0.6) is 0 Å². The SMILES string of the molecule is N#CC1(c2ccc(NC(=O)c3cccnc3Nc3ccc4cn[nH]c4c3)cc2)CCC1. The first-order valence-corrected chi connectivity index (χ1v) is 10.2. The number of carbonyl (C=O) groups is 1. The van der Waals surface area contributed by atoms with Gasteiger partial charge in [0, 0.05) is 23.0 Å². The maximum Gasteiger partial charge on any atom is 0.259 e. The zero-order valence-electron chi connectivity index (χ0n) is 16.7. The van der Waals surface area contributed by atoms with Gasteiger partial charge in [-0.25, -0.2) is 4.98 Å². The molecule has 2 heterocycles. The fraction of sp³-hybridized carbons (Fsp3) is 0.167. The van der Waals surface area contributed by atoms with Crippen molar-refractivity contribution < 1.29 is 4.79 Å². The van der Waals surface area contributed by atoms with E-state index in [1.54, 1.807) is 24.5 Å². The van der Waals surface area contributed by atoms with E-state index >= 15 is 0 Å². The summed E-state index contributed by atoms with van der Waals surface area (Å²) in [4.78, 5) is 17.3. The summed E-state index contributed by atoms with van der Waals surface area (Å²) in [5.74, 6) is 0.206. The number of anilines is 3. The van der Waals surface area contributed by atoms with Crippen molar-refractivity contribution in [1.29, 1.82) is 5.26 Å². The summed E-state index contributed by atoms with van der Waals surface area (Å²) in [6.07, 6.45) is 6.26. The highest BCUT2D eigenvalue weighted by Gasteiger charge is 2.38. The van der Waals surface area contributed by atoms with E-state index in [0.717, 1.165) is 41.4 Å². The molecule has 7 heteroatoms. The minimum absolute atomic E-state index is 0.260. The third-order valence-corrected chi connectivity index (χ3v) is 5.87. The number of aromatic nitrogens is 3. The number of carbonyl (C=O) groups excluding carboxylic acids is 1. The molecule has 31 heavy (non-hydrogen) atoms. The molecule has 1 aliphatic rings. The lowest BCUT2D eigenvalue weighted by molar-refractivity contribution is 0.102. The Labute approximate surface area is 179 Å². The number of amides is 1. The quantitative estimate of drug-likeness (QED) is 0.435. The van der Waals surface area contributed by atoms with E-state index < -0.39 is 0 Å². The van der Waals surface area contributed by atoms with Crippen molar-refractivity contribution in [3.05, 3.63) is 78.1 Å². The number of hydrogen-bond donors (Lipinski definition) is 3. The van der Waals surface area contributed by atoms with Crippen LogP contribution in [0.3, 0.4) is 0 Å². The molecule has 0 spiro atoms. The fourth-order valence-electron chi connectivity index (χ4n) is 3.91. The lowest BCUT2D eigenvalue weighted by Gasteiger charge is -2.35. The van der Waals surface area contributed by atoms with E-state index in [0.29, 0.717) is 17.1 Å². The van der Waals surface area contributed by atoms with Crippen LogP contribution in [0.1, 0.15) is 35.2 Å². The van der Waals surface area contributed by atoms with E-state index in [4.69, 9.17) is 0 Å². The molecule has 1 fully saturated rings. The average molecular weight is 408 g/mol. The smallest absolute Gasteiger partial charge is 0.259 e. The minimum atomic E-state index is -0.362. The number of aromatic amines is 1. The van der Waals surface area contributed by atoms with Gasteiger partial charge in [0.1, 0.15) is 5.82 Å². The molecule has 152 valence electrons. The van der Waals surface area contributed by atoms with E-state index in [2.05, 4.69) is 31.9 Å². The maximum absolute atomic E-state index is 12.9. The van der Waals surface area contributed by atoms with Crippen LogP contribution >= 0.6 is 0 Å². The van der Waals surface area contributed by atoms with Crippen molar-refractivity contribution in [1.82, 2.24) is 15.2 Å². The van der Waals surface area contributed by atoms with E-state index in [1.807, 2.05) is 42.5 Å². The number of hydrogen-bond acceptors (Lipinski definition) is 5. The van der Waals surface area contributed by atoms with Crippen molar-refractivity contribution >= 4 is 34.0 Å². The van der Waals surface area contributed by atoms with Gasteiger partial charge in [-0.15, -0.1) is 0 Å². The van der Waals surface area contributed by atoms with Crippen LogP contribution in [-0.4, -0.2) is 21.1 Å². The van der Waals surface area contributed by atoms with Gasteiger partial charge in [-0.3, -0.25) is 9.89 Å². The van der Waals surface area contributed by atoms with Crippen LogP contribution in [0, 0.1) is 11.3 Å². The highest BCUT2D eigenvalue weighted by Crippen LogP contribution is 2.43. The number of benzene rings is 2. The van der Waals surface area contributed by atoms with Gasteiger partial charge >= 0.3 is 0 Å². The minimum Gasteiger partial charge on any atom is -0.340 e. The largest absolute Gasteiger partial charge is 0.340 e. The summed E-state index contributed by atoms with van der Waals surface area (Å²) >= 11 is 0. The van der Waals surface area contributed by atoms with Crippen LogP contribution in [0.2, 0.25) is 0 Å². The molecule has 1 amide bonds. The monoisotopic (exact) mass is 408 g/mol. The standard InChI is InChI=1S/C24H20N6O/c25-15-24(10-2-11-24)17-5-8-18(9-6-17)29-23(31)20-3-1-12-26-22(20)28-19-7-4-16-14-27-30-21(16)13-19/h1,3-9,12-14H,2,10-11H2,(H,26,28)(H,27,30)(H,29,31). The molecule has 5 rings (SSSR count). The van der Waals surface area contributed by atoms with Gasteiger partial charge in [0.15, 0.2) is 0 Å². The summed E-state index contributed by atoms with van der Waals surface area (Å²) in [5, 5.41) is 23.6. The number of rotatable bonds is 5. The Morgan fingerprint density at radius 2 is 1.90 bits per heavy atom. The van der Waals surface area contributed by atoms with Crippen LogP contribution in [-0.2, 0) is 5.41 Å². The molecule has 0 saturated heterocycles. The average Bonchev–Trinajstić information content (AvgIpc) is 3.23. The molecule has 3 N–H and O–H groups in total. The van der Waals surface area contributed by atoms with Gasteiger partial charge in [0.2, 0.25) is 0 Å². The Hall–Kier alpha value is -4.18. The van der Waals surface area contributed by atoms with Crippen molar-refractivity contribution in [2.45, 2.75) is 24.7 Å². The molecule has 1 aliphatic carbocycles. The first-order valence-electron chi connectivity index (χ1n) is 10.2. The third kappa shape index (κ3) is 3.49. The van der Waals surface area contributed by atoms with Gasteiger partial charge in [-0.1, -0.05) is 12.1 Å². The summed E-state index contributed by atoms with van der Waals surface area (Å²) < 4.78 is 0. The summed E-state index contributed by atoms with van der Waals surface area (Å²) in [7, 11) is 0. The Balaban J connectivity index is 1.34. The summed E-state index contributed by atoms with van der Waals surface area (Å²) in [5.41, 5.74) is 3.46. The Bertz CT molecular complexity index is 1300. The predicted octanol–water partition coefficient (Wildman–Crippen LogP) is 4.90. The Morgan fingerprint density at radius 3 is 2.65 bits per heavy atom. The van der Waals surface area contributed by atoms with Crippen molar-refractivity contribution in [2.24, 2.45) is 0 Å². The van der Waals surface area contributed by atoms with Crippen molar-refractivity contribution in [3.8, 4) is 6.07 Å². The Morgan fingerprint density at radius 1 is 1.10 bits per heavy atom. The second-order valence-electron chi connectivity index (χ2n) is 7.78. The molecular weight excluding hydrogens is 388 g/mol. The highest BCUT2D eigenvalue weighted by atomic mass is 16.1. The molecule has 0 unspecified atom stereocenters. The van der Waals surface area contributed by atoms with Gasteiger partial charge in [-0.05, 0) is 67.3 Å². The molecule has 4 aromatic rings. The van der Waals surface area contributed by atoms with Crippen molar-refractivity contribution in [2.75, 3.05) is 10.6 Å². The van der Waals surface area contributed by atoms with Crippen LogP contribution < -0.4 is 10.6 Å². The Kier molecular flexibility index (Phi) is 4.60. The number of pyridine rings is 1. The van der Waals surface area contributed by atoms with Crippen LogP contribution in [0.4, 0.5) is 17.2 Å². The second-order valence-corrected chi connectivity index (χ2v) is 7.78. The zero-order valence-corrected chi connectivity index (χ0v) is 16.7. The third-order valence-electron chi connectivity index (χ3n) is 5.87. The molecule has 0 radical (unpaired) electrons. The molecule has 1 saturated carbocycles. The number of nitriles is 1. The second kappa shape index (κ2) is 7.58. The van der Waals surface area contributed by atoms with Crippen LogP contribution in [0.15, 0.2) is 67.0 Å². The molecule has 0 aliphatic heterocycles. The number of H-pyrrole nitrogens is 1. The van der Waals surface area contributed by atoms with E-state index in [-0.39, 0.29) is 11.3 Å². The molecule has 0 atom stereocenters. The van der Waals surface area contributed by atoms with Gasteiger partial charge in [-0.2, -0.15) is 10.4 Å². The van der Waals surface area contributed by atoms with Crippen molar-refractivity contribution in [3.63, 3.8) is 0 Å². The van der Waals surface area contributed by atoms with Gasteiger partial charge < -0.3 is 10.6 Å². The summed E-state index contributed by atoms with van der Waals surface area (Å²) in [6.45, 7) is 0. The molecule has 2 aromatic heterocycles.